The quantitative estimate of drug-likeness (QED) is 0.447. The minimum absolute atomic E-state index is 0.0902. The molecular formula is C16H23N3O6S. The number of rotatable bonds is 8. The van der Waals surface area contributed by atoms with E-state index in [1.807, 2.05) is 0 Å². The number of carbonyl (C=O) groups is 1. The third-order valence-corrected chi connectivity index (χ3v) is 6.23. The standard InChI is InChI=1S/C16H23N3O6S/c17-16(21)9-11-5-7-12(8-6-11)14(20)10-18-26(24,25)15-4-2-1-3-13(15)19(22)23/h1-4,11-12,14,18,20H,5-10H2,(H2,17,21). The highest BCUT2D eigenvalue weighted by atomic mass is 32.2. The number of hydrogen-bond acceptors (Lipinski definition) is 6. The van der Waals surface area contributed by atoms with E-state index >= 15 is 0 Å². The first-order chi connectivity index (χ1) is 12.2. The summed E-state index contributed by atoms with van der Waals surface area (Å²) in [4.78, 5) is 20.8. The molecule has 0 spiro atoms. The zero-order valence-electron chi connectivity index (χ0n) is 14.2. The van der Waals surface area contributed by atoms with Crippen LogP contribution in [0.4, 0.5) is 5.69 Å². The van der Waals surface area contributed by atoms with E-state index in [2.05, 4.69) is 4.72 Å². The predicted octanol–water partition coefficient (Wildman–Crippen LogP) is 0.916. The molecule has 2 rings (SSSR count). The van der Waals surface area contributed by atoms with Crippen LogP contribution in [0.15, 0.2) is 29.2 Å². The lowest BCUT2D eigenvalue weighted by Gasteiger charge is -2.31. The van der Waals surface area contributed by atoms with Gasteiger partial charge in [0.05, 0.1) is 11.0 Å². The van der Waals surface area contributed by atoms with E-state index in [1.54, 1.807) is 0 Å². The molecular weight excluding hydrogens is 362 g/mol. The number of nitro benzene ring substituents is 1. The molecule has 1 aromatic carbocycles. The van der Waals surface area contributed by atoms with Gasteiger partial charge in [0.15, 0.2) is 4.90 Å². The molecule has 1 unspecified atom stereocenters. The third kappa shape index (κ3) is 5.23. The van der Waals surface area contributed by atoms with E-state index in [9.17, 15) is 28.4 Å². The van der Waals surface area contributed by atoms with Crippen molar-refractivity contribution in [2.75, 3.05) is 6.54 Å². The number of aliphatic hydroxyl groups is 1. The maximum absolute atomic E-state index is 12.3. The maximum atomic E-state index is 12.3. The van der Waals surface area contributed by atoms with Crippen LogP contribution < -0.4 is 10.5 Å². The molecule has 144 valence electrons. The van der Waals surface area contributed by atoms with Crippen molar-refractivity contribution in [3.8, 4) is 0 Å². The minimum Gasteiger partial charge on any atom is -0.391 e. The Morgan fingerprint density at radius 1 is 1.31 bits per heavy atom. The summed E-state index contributed by atoms with van der Waals surface area (Å²) in [6.45, 7) is -0.223. The monoisotopic (exact) mass is 385 g/mol. The number of primary amides is 1. The fourth-order valence-electron chi connectivity index (χ4n) is 3.34. The molecule has 1 fully saturated rings. The number of nitrogens with one attached hydrogen (secondary N) is 1. The second-order valence-electron chi connectivity index (χ2n) is 6.60. The van der Waals surface area contributed by atoms with Gasteiger partial charge in [-0.3, -0.25) is 14.9 Å². The topological polar surface area (TPSA) is 153 Å². The summed E-state index contributed by atoms with van der Waals surface area (Å²) in [5, 5.41) is 21.3. The number of para-hydroxylation sites is 1. The highest BCUT2D eigenvalue weighted by molar-refractivity contribution is 7.89. The van der Waals surface area contributed by atoms with Crippen molar-refractivity contribution in [1.82, 2.24) is 4.72 Å². The Hall–Kier alpha value is -2.04. The minimum atomic E-state index is -4.11. The molecule has 1 amide bonds. The molecule has 1 aliphatic carbocycles. The summed E-state index contributed by atoms with van der Waals surface area (Å²) in [7, 11) is -4.11. The van der Waals surface area contributed by atoms with Crippen LogP contribution in [0.5, 0.6) is 0 Å². The zero-order valence-corrected chi connectivity index (χ0v) is 15.0. The lowest BCUT2D eigenvalue weighted by molar-refractivity contribution is -0.387. The van der Waals surface area contributed by atoms with E-state index in [0.29, 0.717) is 19.3 Å². The first-order valence-electron chi connectivity index (χ1n) is 8.40. The van der Waals surface area contributed by atoms with Crippen LogP contribution in [0, 0.1) is 22.0 Å². The summed E-state index contributed by atoms with van der Waals surface area (Å²) in [6, 6.07) is 5.06. The van der Waals surface area contributed by atoms with Crippen molar-refractivity contribution >= 4 is 21.6 Å². The van der Waals surface area contributed by atoms with Gasteiger partial charge in [0.25, 0.3) is 5.69 Å². The fraction of sp³-hybridized carbons (Fsp3) is 0.562. The summed E-state index contributed by atoms with van der Waals surface area (Å²) in [6.07, 6.45) is 2.27. The molecule has 0 aliphatic heterocycles. The maximum Gasteiger partial charge on any atom is 0.289 e. The summed E-state index contributed by atoms with van der Waals surface area (Å²) in [5.41, 5.74) is 4.68. The van der Waals surface area contributed by atoms with Gasteiger partial charge >= 0.3 is 0 Å². The molecule has 0 aromatic heterocycles. The number of carbonyl (C=O) groups excluding carboxylic acids is 1. The fourth-order valence-corrected chi connectivity index (χ4v) is 4.56. The van der Waals surface area contributed by atoms with Crippen LogP contribution in [0.2, 0.25) is 0 Å². The van der Waals surface area contributed by atoms with E-state index in [4.69, 9.17) is 5.73 Å². The lowest BCUT2D eigenvalue weighted by Crippen LogP contribution is -2.38. The van der Waals surface area contributed by atoms with Gasteiger partial charge in [-0.15, -0.1) is 0 Å². The van der Waals surface area contributed by atoms with Crippen molar-refractivity contribution < 1.29 is 23.2 Å². The summed E-state index contributed by atoms with van der Waals surface area (Å²) < 4.78 is 26.9. The SMILES string of the molecule is NC(=O)CC1CCC(C(O)CNS(=O)(=O)c2ccccc2[N+](=O)[O-])CC1. The van der Waals surface area contributed by atoms with E-state index in [0.717, 1.165) is 25.0 Å². The molecule has 0 heterocycles. The molecule has 9 nitrogen and oxygen atoms in total. The Labute approximate surface area is 151 Å². The van der Waals surface area contributed by atoms with Crippen molar-refractivity contribution in [2.24, 2.45) is 17.6 Å². The van der Waals surface area contributed by atoms with E-state index in [1.165, 1.54) is 12.1 Å². The predicted molar refractivity (Wildman–Crippen MR) is 93.6 cm³/mol. The molecule has 1 aliphatic rings. The number of nitrogens with zero attached hydrogens (tertiary/aromatic N) is 1. The van der Waals surface area contributed by atoms with Crippen LogP contribution >= 0.6 is 0 Å². The van der Waals surface area contributed by atoms with Gasteiger partial charge in [-0.05, 0) is 43.6 Å². The van der Waals surface area contributed by atoms with E-state index in [-0.39, 0.29) is 24.3 Å². The van der Waals surface area contributed by atoms with Gasteiger partial charge in [-0.1, -0.05) is 12.1 Å². The van der Waals surface area contributed by atoms with Crippen molar-refractivity contribution in [2.45, 2.75) is 43.1 Å². The van der Waals surface area contributed by atoms with Crippen LogP contribution in [0.25, 0.3) is 0 Å². The highest BCUT2D eigenvalue weighted by Crippen LogP contribution is 2.32. The normalized spacial score (nSPS) is 21.9. The van der Waals surface area contributed by atoms with Crippen LogP contribution in [-0.2, 0) is 14.8 Å². The van der Waals surface area contributed by atoms with Gasteiger partial charge in [0.2, 0.25) is 15.9 Å². The molecule has 10 heteroatoms. The largest absolute Gasteiger partial charge is 0.391 e. The molecule has 1 aromatic rings. The molecule has 0 bridgehead atoms. The van der Waals surface area contributed by atoms with Crippen LogP contribution in [0.1, 0.15) is 32.1 Å². The number of hydrogen-bond donors (Lipinski definition) is 3. The second-order valence-corrected chi connectivity index (χ2v) is 8.33. The molecule has 1 atom stereocenters. The van der Waals surface area contributed by atoms with Gasteiger partial charge in [0, 0.05) is 19.0 Å². The van der Waals surface area contributed by atoms with Crippen molar-refractivity contribution in [1.29, 1.82) is 0 Å². The van der Waals surface area contributed by atoms with Crippen LogP contribution in [-0.4, -0.2) is 37.0 Å². The smallest absolute Gasteiger partial charge is 0.289 e. The Morgan fingerprint density at radius 2 is 1.92 bits per heavy atom. The third-order valence-electron chi connectivity index (χ3n) is 4.76. The molecule has 0 radical (unpaired) electrons. The summed E-state index contributed by atoms with van der Waals surface area (Å²) in [5.74, 6) is -0.224. The second kappa shape index (κ2) is 8.56. The average Bonchev–Trinajstić information content (AvgIpc) is 2.60. The Morgan fingerprint density at radius 3 is 2.50 bits per heavy atom. The molecule has 1 saturated carbocycles. The zero-order chi connectivity index (χ0) is 19.3. The number of nitrogens with two attached hydrogens (primary N) is 1. The Balaban J connectivity index is 1.94. The number of sulfonamides is 1. The number of benzene rings is 1. The van der Waals surface area contributed by atoms with Crippen LogP contribution in [0.3, 0.4) is 0 Å². The van der Waals surface area contributed by atoms with Gasteiger partial charge in [-0.25, -0.2) is 13.1 Å². The Kier molecular flexibility index (Phi) is 6.68. The lowest BCUT2D eigenvalue weighted by atomic mass is 9.78. The molecule has 4 N–H and O–H groups in total. The summed E-state index contributed by atoms with van der Waals surface area (Å²) >= 11 is 0. The van der Waals surface area contributed by atoms with Gasteiger partial charge in [0.1, 0.15) is 0 Å². The highest BCUT2D eigenvalue weighted by Gasteiger charge is 2.30. The molecule has 26 heavy (non-hydrogen) atoms. The average molecular weight is 385 g/mol. The van der Waals surface area contributed by atoms with Gasteiger partial charge in [-0.2, -0.15) is 0 Å². The number of nitro groups is 1. The van der Waals surface area contributed by atoms with E-state index < -0.39 is 31.6 Å². The number of amides is 1. The van der Waals surface area contributed by atoms with Crippen molar-refractivity contribution in [3.05, 3.63) is 34.4 Å². The molecule has 0 saturated heterocycles. The first-order valence-corrected chi connectivity index (χ1v) is 9.88. The van der Waals surface area contributed by atoms with Crippen molar-refractivity contribution in [3.63, 3.8) is 0 Å². The number of aliphatic hydroxyl groups excluding tert-OH is 1. The first kappa shape index (κ1) is 20.3. The Bertz CT molecular complexity index is 759. The van der Waals surface area contributed by atoms with Gasteiger partial charge < -0.3 is 10.8 Å².